The van der Waals surface area contributed by atoms with E-state index in [0.29, 0.717) is 17.4 Å². The Morgan fingerprint density at radius 3 is 2.08 bits per heavy atom. The van der Waals surface area contributed by atoms with Crippen LogP contribution in [0.1, 0.15) is 12.5 Å². The van der Waals surface area contributed by atoms with Crippen LogP contribution < -0.4 is 14.9 Å². The summed E-state index contributed by atoms with van der Waals surface area (Å²) in [5.41, 5.74) is 8.39. The van der Waals surface area contributed by atoms with Crippen LogP contribution in [0.5, 0.6) is 11.5 Å². The fraction of sp³-hybridized carbons (Fsp3) is 0.0909. The summed E-state index contributed by atoms with van der Waals surface area (Å²) in [4.78, 5) is 12.4. The van der Waals surface area contributed by atoms with E-state index in [-0.39, 0.29) is 12.5 Å². The molecule has 1 amide bonds. The lowest BCUT2D eigenvalue weighted by Crippen LogP contribution is -2.24. The Morgan fingerprint density at radius 1 is 0.825 bits per heavy atom. The summed E-state index contributed by atoms with van der Waals surface area (Å²) in [5.74, 6) is 0.989. The quantitative estimate of drug-likeness (QED) is 0.146. The van der Waals surface area contributed by atoms with E-state index in [1.807, 2.05) is 67.6 Å². The van der Waals surface area contributed by atoms with Gasteiger partial charge in [0.2, 0.25) is 0 Å². The van der Waals surface area contributed by atoms with Crippen LogP contribution in [0, 0.1) is 0 Å². The number of nitrogens with one attached hydrogen (secondary N) is 1. The van der Waals surface area contributed by atoms with Crippen molar-refractivity contribution in [2.24, 2.45) is 5.10 Å². The Balaban J connectivity index is 1.50. The zero-order valence-electron chi connectivity index (χ0n) is 22.0. The van der Waals surface area contributed by atoms with E-state index in [1.54, 1.807) is 30.5 Å². The van der Waals surface area contributed by atoms with Crippen LogP contribution in [0.3, 0.4) is 0 Å². The summed E-state index contributed by atoms with van der Waals surface area (Å²) in [6, 6.07) is 37.2. The summed E-state index contributed by atoms with van der Waals surface area (Å²) in [5, 5.41) is 4.88. The molecule has 0 aliphatic carbocycles. The normalized spacial score (nSPS) is 10.9. The fourth-order valence-electron chi connectivity index (χ4n) is 4.35. The minimum Gasteiger partial charge on any atom is -0.494 e. The van der Waals surface area contributed by atoms with Crippen LogP contribution in [-0.4, -0.2) is 29.9 Å². The first-order chi connectivity index (χ1) is 19.6. The molecule has 40 heavy (non-hydrogen) atoms. The van der Waals surface area contributed by atoms with Crippen molar-refractivity contribution in [3.8, 4) is 39.7 Å². The minimum absolute atomic E-state index is 0.174. The van der Waals surface area contributed by atoms with Gasteiger partial charge in [-0.2, -0.15) is 5.10 Å². The maximum absolute atomic E-state index is 12.4. The molecule has 4 aromatic carbocycles. The van der Waals surface area contributed by atoms with E-state index in [0.717, 1.165) is 39.5 Å². The highest BCUT2D eigenvalue weighted by molar-refractivity contribution is 6.30. The van der Waals surface area contributed by atoms with E-state index in [4.69, 9.17) is 21.1 Å². The third-order valence-electron chi connectivity index (χ3n) is 6.13. The van der Waals surface area contributed by atoms with Gasteiger partial charge in [0, 0.05) is 16.3 Å². The second-order valence-corrected chi connectivity index (χ2v) is 9.30. The number of ether oxygens (including phenoxy) is 2. The van der Waals surface area contributed by atoms with E-state index < -0.39 is 0 Å². The van der Waals surface area contributed by atoms with Crippen LogP contribution in [-0.2, 0) is 4.79 Å². The number of aromatic nitrogens is 1. The molecule has 0 aliphatic rings. The Hall–Kier alpha value is -4.81. The predicted molar refractivity (Wildman–Crippen MR) is 160 cm³/mol. The third kappa shape index (κ3) is 6.42. The average Bonchev–Trinajstić information content (AvgIpc) is 3.38. The Morgan fingerprint density at radius 2 is 1.43 bits per heavy atom. The Kier molecular flexibility index (Phi) is 8.59. The van der Waals surface area contributed by atoms with Crippen molar-refractivity contribution in [1.82, 2.24) is 9.99 Å². The molecule has 0 bridgehead atoms. The van der Waals surface area contributed by atoms with Gasteiger partial charge in [0.1, 0.15) is 11.5 Å². The number of hydrogen-bond donors (Lipinski definition) is 1. The number of rotatable bonds is 10. The zero-order chi connectivity index (χ0) is 27.7. The molecular formula is C33H28ClN3O3. The maximum Gasteiger partial charge on any atom is 0.277 e. The van der Waals surface area contributed by atoms with Gasteiger partial charge in [0.15, 0.2) is 6.61 Å². The predicted octanol–water partition coefficient (Wildman–Crippen LogP) is 7.39. The second kappa shape index (κ2) is 12.8. The number of hydrazone groups is 1. The molecule has 0 atom stereocenters. The minimum atomic E-state index is -0.373. The first-order valence-corrected chi connectivity index (χ1v) is 13.3. The smallest absolute Gasteiger partial charge is 0.277 e. The van der Waals surface area contributed by atoms with Crippen LogP contribution in [0.4, 0.5) is 0 Å². The number of carbonyl (C=O) groups is 1. The number of carbonyl (C=O) groups excluding carboxylic acids is 1. The number of amides is 1. The van der Waals surface area contributed by atoms with E-state index in [9.17, 15) is 4.79 Å². The van der Waals surface area contributed by atoms with Crippen molar-refractivity contribution >= 4 is 23.7 Å². The number of halogens is 1. The van der Waals surface area contributed by atoms with Gasteiger partial charge in [-0.3, -0.25) is 4.79 Å². The molecule has 1 N–H and O–H groups in total. The molecule has 6 nitrogen and oxygen atoms in total. The molecule has 5 aromatic rings. The third-order valence-corrected chi connectivity index (χ3v) is 6.38. The van der Waals surface area contributed by atoms with Gasteiger partial charge in [-0.25, -0.2) is 5.43 Å². The lowest BCUT2D eigenvalue weighted by atomic mass is 10.1. The standard InChI is InChI=1S/C33H28ClN3O3/c1-2-39-29-19-15-28(16-20-29)37-31(24-9-5-3-6-10-24)21-26(33(37)25-11-7-4-8-12-25)22-35-36-32(38)23-40-30-17-13-27(34)14-18-30/h3-22H,2,23H2,1H3,(H,36,38)/b35-22-. The highest BCUT2D eigenvalue weighted by atomic mass is 35.5. The number of hydrogen-bond acceptors (Lipinski definition) is 4. The zero-order valence-corrected chi connectivity index (χ0v) is 22.7. The summed E-state index contributed by atoms with van der Waals surface area (Å²) in [6.45, 7) is 2.40. The number of nitrogens with zero attached hydrogens (tertiary/aromatic N) is 2. The average molecular weight is 550 g/mol. The summed E-state index contributed by atoms with van der Waals surface area (Å²) >= 11 is 5.91. The lowest BCUT2D eigenvalue weighted by Gasteiger charge is -2.15. The molecule has 1 aromatic heterocycles. The van der Waals surface area contributed by atoms with Crippen LogP contribution in [0.25, 0.3) is 28.2 Å². The summed E-state index contributed by atoms with van der Waals surface area (Å²) in [7, 11) is 0. The lowest BCUT2D eigenvalue weighted by molar-refractivity contribution is -0.123. The molecule has 1 heterocycles. The van der Waals surface area contributed by atoms with Crippen molar-refractivity contribution in [2.45, 2.75) is 6.92 Å². The van der Waals surface area contributed by atoms with Crippen molar-refractivity contribution in [3.05, 3.63) is 126 Å². The molecular weight excluding hydrogens is 522 g/mol. The molecule has 5 rings (SSSR count). The molecule has 0 aliphatic heterocycles. The van der Waals surface area contributed by atoms with Gasteiger partial charge in [0.05, 0.1) is 24.2 Å². The van der Waals surface area contributed by atoms with Crippen molar-refractivity contribution < 1.29 is 14.3 Å². The van der Waals surface area contributed by atoms with Gasteiger partial charge in [-0.15, -0.1) is 0 Å². The summed E-state index contributed by atoms with van der Waals surface area (Å²) in [6.07, 6.45) is 1.67. The largest absolute Gasteiger partial charge is 0.494 e. The number of benzene rings is 4. The highest BCUT2D eigenvalue weighted by Crippen LogP contribution is 2.35. The fourth-order valence-corrected chi connectivity index (χ4v) is 4.48. The van der Waals surface area contributed by atoms with Gasteiger partial charge in [-0.1, -0.05) is 72.3 Å². The molecule has 0 unspecified atom stereocenters. The molecule has 200 valence electrons. The van der Waals surface area contributed by atoms with Gasteiger partial charge in [-0.05, 0) is 72.6 Å². The molecule has 7 heteroatoms. The molecule has 0 fully saturated rings. The SMILES string of the molecule is CCOc1ccc(-n2c(-c3ccccc3)cc(/C=N\NC(=O)COc3ccc(Cl)cc3)c2-c2ccccc2)cc1. The second-order valence-electron chi connectivity index (χ2n) is 8.86. The first-order valence-electron chi connectivity index (χ1n) is 12.9. The van der Waals surface area contributed by atoms with Crippen molar-refractivity contribution in [3.63, 3.8) is 0 Å². The van der Waals surface area contributed by atoms with E-state index in [1.165, 1.54) is 0 Å². The first kappa shape index (κ1) is 26.8. The monoisotopic (exact) mass is 549 g/mol. The highest BCUT2D eigenvalue weighted by Gasteiger charge is 2.19. The van der Waals surface area contributed by atoms with E-state index >= 15 is 0 Å². The molecule has 0 saturated heterocycles. The Bertz CT molecular complexity index is 1580. The molecule has 0 spiro atoms. The summed E-state index contributed by atoms with van der Waals surface area (Å²) < 4.78 is 13.4. The van der Waals surface area contributed by atoms with E-state index in [2.05, 4.69) is 45.4 Å². The van der Waals surface area contributed by atoms with Crippen molar-refractivity contribution in [1.29, 1.82) is 0 Å². The van der Waals surface area contributed by atoms with Gasteiger partial charge >= 0.3 is 0 Å². The molecule has 0 radical (unpaired) electrons. The van der Waals surface area contributed by atoms with Crippen LogP contribution in [0.2, 0.25) is 5.02 Å². The van der Waals surface area contributed by atoms with Crippen LogP contribution >= 0.6 is 11.6 Å². The van der Waals surface area contributed by atoms with Gasteiger partial charge < -0.3 is 14.0 Å². The van der Waals surface area contributed by atoms with Crippen molar-refractivity contribution in [2.75, 3.05) is 13.2 Å². The topological polar surface area (TPSA) is 64.8 Å². The van der Waals surface area contributed by atoms with Crippen LogP contribution in [0.15, 0.2) is 120 Å². The molecule has 0 saturated carbocycles. The van der Waals surface area contributed by atoms with Gasteiger partial charge in [0.25, 0.3) is 5.91 Å². The maximum atomic E-state index is 12.4. The Labute approximate surface area is 238 Å².